The fourth-order valence-electron chi connectivity index (χ4n) is 1.27. The number of hydrogen-bond acceptors (Lipinski definition) is 2. The minimum Gasteiger partial charge on any atom is -0.444 e. The molecule has 0 aliphatic rings. The van der Waals surface area contributed by atoms with Crippen LogP contribution in [0.2, 0.25) is 0 Å². The van der Waals surface area contributed by atoms with E-state index < -0.39 is 17.5 Å². The molecule has 3 nitrogen and oxygen atoms in total. The molecule has 1 amide bonds. The predicted molar refractivity (Wildman–Crippen MR) is 68.7 cm³/mol. The van der Waals surface area contributed by atoms with Crippen molar-refractivity contribution in [1.29, 1.82) is 0 Å². The van der Waals surface area contributed by atoms with Gasteiger partial charge in [0, 0.05) is 4.47 Å². The summed E-state index contributed by atoms with van der Waals surface area (Å²) < 4.78 is 19.3. The first-order valence-corrected chi connectivity index (χ1v) is 5.94. The monoisotopic (exact) mass is 303 g/mol. The normalized spacial score (nSPS) is 11.2. The molecule has 1 aromatic carbocycles. The third kappa shape index (κ3) is 4.34. The SMILES string of the molecule is Cc1cc(Br)cc(F)c1NC(=O)OC(C)(C)C. The maximum atomic E-state index is 13.6. The van der Waals surface area contributed by atoms with Crippen LogP contribution in [0.25, 0.3) is 0 Å². The van der Waals surface area contributed by atoms with Crippen LogP contribution < -0.4 is 5.32 Å². The lowest BCUT2D eigenvalue weighted by molar-refractivity contribution is 0.0635. The fraction of sp³-hybridized carbons (Fsp3) is 0.417. The molecule has 0 bridgehead atoms. The van der Waals surface area contributed by atoms with Gasteiger partial charge in [0.15, 0.2) is 0 Å². The summed E-state index contributed by atoms with van der Waals surface area (Å²) in [5, 5.41) is 2.41. The van der Waals surface area contributed by atoms with Gasteiger partial charge < -0.3 is 4.74 Å². The molecular formula is C12H15BrFNO2. The first kappa shape index (κ1) is 14.0. The zero-order chi connectivity index (χ0) is 13.2. The van der Waals surface area contributed by atoms with E-state index >= 15 is 0 Å². The van der Waals surface area contributed by atoms with Gasteiger partial charge in [-0.05, 0) is 45.4 Å². The van der Waals surface area contributed by atoms with E-state index in [9.17, 15) is 9.18 Å². The Morgan fingerprint density at radius 1 is 1.41 bits per heavy atom. The van der Waals surface area contributed by atoms with Crippen molar-refractivity contribution in [3.05, 3.63) is 28.0 Å². The summed E-state index contributed by atoms with van der Waals surface area (Å²) in [5.74, 6) is -0.497. The number of rotatable bonds is 1. The Morgan fingerprint density at radius 2 is 2.00 bits per heavy atom. The van der Waals surface area contributed by atoms with Crippen molar-refractivity contribution in [2.75, 3.05) is 5.32 Å². The lowest BCUT2D eigenvalue weighted by Gasteiger charge is -2.20. The molecule has 0 aromatic heterocycles. The number of amides is 1. The second-order valence-corrected chi connectivity index (χ2v) is 5.62. The third-order valence-corrected chi connectivity index (χ3v) is 2.34. The highest BCUT2D eigenvalue weighted by Crippen LogP contribution is 2.24. The van der Waals surface area contributed by atoms with Gasteiger partial charge >= 0.3 is 6.09 Å². The predicted octanol–water partition coefficient (Wildman–Crippen LogP) is 4.24. The maximum Gasteiger partial charge on any atom is 0.412 e. The zero-order valence-electron chi connectivity index (χ0n) is 10.2. The van der Waals surface area contributed by atoms with Crippen LogP contribution in [0, 0.1) is 12.7 Å². The molecule has 0 aliphatic heterocycles. The lowest BCUT2D eigenvalue weighted by Crippen LogP contribution is -2.27. The third-order valence-electron chi connectivity index (χ3n) is 1.88. The van der Waals surface area contributed by atoms with E-state index in [4.69, 9.17) is 4.74 Å². The molecular weight excluding hydrogens is 289 g/mol. The van der Waals surface area contributed by atoms with Crippen LogP contribution in [-0.4, -0.2) is 11.7 Å². The largest absolute Gasteiger partial charge is 0.444 e. The summed E-state index contributed by atoms with van der Waals surface area (Å²) in [7, 11) is 0. The molecule has 17 heavy (non-hydrogen) atoms. The molecule has 94 valence electrons. The number of aryl methyl sites for hydroxylation is 1. The fourth-order valence-corrected chi connectivity index (χ4v) is 1.81. The number of ether oxygens (including phenoxy) is 1. The number of carbonyl (C=O) groups excluding carboxylic acids is 1. The van der Waals surface area contributed by atoms with Gasteiger partial charge in [0.05, 0.1) is 5.69 Å². The molecule has 1 N–H and O–H groups in total. The standard InChI is InChI=1S/C12H15BrFNO2/c1-7-5-8(13)6-9(14)10(7)15-11(16)17-12(2,3)4/h5-6H,1-4H3,(H,15,16). The van der Waals surface area contributed by atoms with Gasteiger partial charge in [-0.2, -0.15) is 0 Å². The summed E-state index contributed by atoms with van der Waals surface area (Å²) in [5.41, 5.74) is 0.161. The molecule has 0 saturated carbocycles. The quantitative estimate of drug-likeness (QED) is 0.842. The summed E-state index contributed by atoms with van der Waals surface area (Å²) in [6.07, 6.45) is -0.665. The van der Waals surface area contributed by atoms with Gasteiger partial charge in [-0.3, -0.25) is 5.32 Å². The van der Waals surface area contributed by atoms with E-state index in [1.54, 1.807) is 33.8 Å². The highest BCUT2D eigenvalue weighted by molar-refractivity contribution is 9.10. The van der Waals surface area contributed by atoms with Crippen LogP contribution in [-0.2, 0) is 4.74 Å². The molecule has 0 aliphatic carbocycles. The van der Waals surface area contributed by atoms with Crippen molar-refractivity contribution in [3.8, 4) is 0 Å². The van der Waals surface area contributed by atoms with Crippen molar-refractivity contribution in [3.63, 3.8) is 0 Å². The number of anilines is 1. The molecule has 0 heterocycles. The van der Waals surface area contributed by atoms with Crippen molar-refractivity contribution >= 4 is 27.7 Å². The average Bonchev–Trinajstić information content (AvgIpc) is 2.08. The lowest BCUT2D eigenvalue weighted by atomic mass is 10.2. The van der Waals surface area contributed by atoms with Gasteiger partial charge in [0.2, 0.25) is 0 Å². The Morgan fingerprint density at radius 3 is 2.47 bits per heavy atom. The van der Waals surface area contributed by atoms with E-state index in [1.165, 1.54) is 6.07 Å². The number of nitrogens with one attached hydrogen (secondary N) is 1. The molecule has 0 saturated heterocycles. The zero-order valence-corrected chi connectivity index (χ0v) is 11.8. The Balaban J connectivity index is 2.86. The van der Waals surface area contributed by atoms with Crippen LogP contribution in [0.1, 0.15) is 26.3 Å². The second kappa shape index (κ2) is 5.04. The van der Waals surface area contributed by atoms with Crippen LogP contribution in [0.3, 0.4) is 0 Å². The second-order valence-electron chi connectivity index (χ2n) is 4.71. The van der Waals surface area contributed by atoms with Gasteiger partial charge in [0.1, 0.15) is 11.4 Å². The van der Waals surface area contributed by atoms with E-state index in [0.717, 1.165) is 0 Å². The summed E-state index contributed by atoms with van der Waals surface area (Å²) in [4.78, 5) is 11.5. The number of benzene rings is 1. The first-order valence-electron chi connectivity index (χ1n) is 5.15. The van der Waals surface area contributed by atoms with E-state index in [-0.39, 0.29) is 5.69 Å². The minimum absolute atomic E-state index is 0.141. The van der Waals surface area contributed by atoms with Gasteiger partial charge in [-0.15, -0.1) is 0 Å². The Hall–Kier alpha value is -1.10. The number of hydrogen-bond donors (Lipinski definition) is 1. The highest BCUT2D eigenvalue weighted by Gasteiger charge is 2.18. The molecule has 5 heteroatoms. The molecule has 0 fully saturated rings. The average molecular weight is 304 g/mol. The van der Waals surface area contributed by atoms with Gasteiger partial charge in [-0.25, -0.2) is 9.18 Å². The van der Waals surface area contributed by atoms with Crippen molar-refractivity contribution in [1.82, 2.24) is 0 Å². The molecule has 0 atom stereocenters. The summed E-state index contributed by atoms with van der Waals surface area (Å²) >= 11 is 3.18. The van der Waals surface area contributed by atoms with Crippen LogP contribution in [0.15, 0.2) is 16.6 Å². The maximum absolute atomic E-state index is 13.6. The minimum atomic E-state index is -0.665. The van der Waals surface area contributed by atoms with Crippen LogP contribution >= 0.6 is 15.9 Å². The summed E-state index contributed by atoms with van der Waals surface area (Å²) in [6, 6.07) is 3.01. The molecule has 1 rings (SSSR count). The van der Waals surface area contributed by atoms with Gasteiger partial charge in [-0.1, -0.05) is 15.9 Å². The molecule has 0 spiro atoms. The van der Waals surface area contributed by atoms with E-state index in [2.05, 4.69) is 21.2 Å². The Bertz CT molecular complexity index is 418. The van der Waals surface area contributed by atoms with E-state index in [1.807, 2.05) is 0 Å². The van der Waals surface area contributed by atoms with Crippen molar-refractivity contribution in [2.45, 2.75) is 33.3 Å². The Labute approximate surface area is 108 Å². The van der Waals surface area contributed by atoms with Crippen LogP contribution in [0.4, 0.5) is 14.9 Å². The number of carbonyl (C=O) groups is 1. The highest BCUT2D eigenvalue weighted by atomic mass is 79.9. The molecule has 1 aromatic rings. The first-order chi connectivity index (χ1) is 7.69. The topological polar surface area (TPSA) is 38.3 Å². The molecule has 0 radical (unpaired) electrons. The van der Waals surface area contributed by atoms with Crippen molar-refractivity contribution < 1.29 is 13.9 Å². The molecule has 0 unspecified atom stereocenters. The van der Waals surface area contributed by atoms with Crippen molar-refractivity contribution in [2.24, 2.45) is 0 Å². The van der Waals surface area contributed by atoms with Crippen LogP contribution in [0.5, 0.6) is 0 Å². The van der Waals surface area contributed by atoms with Gasteiger partial charge in [0.25, 0.3) is 0 Å². The Kier molecular flexibility index (Phi) is 4.14. The summed E-state index contributed by atoms with van der Waals surface area (Å²) in [6.45, 7) is 6.95. The number of halogens is 2. The smallest absolute Gasteiger partial charge is 0.412 e. The van der Waals surface area contributed by atoms with E-state index in [0.29, 0.717) is 10.0 Å².